The average molecular weight is 306 g/mol. The van der Waals surface area contributed by atoms with Crippen LogP contribution in [0.2, 0.25) is 5.02 Å². The van der Waals surface area contributed by atoms with Crippen molar-refractivity contribution in [2.45, 2.75) is 26.5 Å². The fourth-order valence-corrected chi connectivity index (χ4v) is 1.86. The minimum atomic E-state index is -0.361. The predicted octanol–water partition coefficient (Wildman–Crippen LogP) is 3.11. The molecular weight excluding hydrogens is 290 g/mol. The Morgan fingerprint density at radius 3 is 3.00 bits per heavy atom. The second-order valence-electron chi connectivity index (χ2n) is 4.69. The molecule has 1 aromatic carbocycles. The number of aromatic nitrogens is 3. The molecule has 0 saturated carbocycles. The second-order valence-corrected chi connectivity index (χ2v) is 5.13. The van der Waals surface area contributed by atoms with Crippen LogP contribution in [0.5, 0.6) is 0 Å². The fourth-order valence-electron chi connectivity index (χ4n) is 1.67. The molecule has 0 aliphatic carbocycles. The SMILES string of the molecule is CC(C)OC(=O)C=CCn1cnc(-c2cccc(Cl)c2)n1. The van der Waals surface area contributed by atoms with Gasteiger partial charge < -0.3 is 4.74 Å². The van der Waals surface area contributed by atoms with E-state index >= 15 is 0 Å². The Labute approximate surface area is 128 Å². The number of ether oxygens (including phenoxy) is 1. The Balaban J connectivity index is 1.98. The molecule has 5 nitrogen and oxygen atoms in total. The largest absolute Gasteiger partial charge is 0.460 e. The molecule has 0 radical (unpaired) electrons. The van der Waals surface area contributed by atoms with Gasteiger partial charge in [-0.25, -0.2) is 14.5 Å². The molecular formula is C15H16ClN3O2. The molecule has 0 N–H and O–H groups in total. The molecule has 0 aliphatic rings. The van der Waals surface area contributed by atoms with Gasteiger partial charge in [-0.3, -0.25) is 0 Å². The summed E-state index contributed by atoms with van der Waals surface area (Å²) >= 11 is 5.94. The highest BCUT2D eigenvalue weighted by atomic mass is 35.5. The predicted molar refractivity (Wildman–Crippen MR) is 80.8 cm³/mol. The first-order chi connectivity index (χ1) is 10.0. The molecule has 2 aromatic rings. The van der Waals surface area contributed by atoms with Crippen LogP contribution in [0.1, 0.15) is 13.8 Å². The Bertz CT molecular complexity index is 650. The molecule has 110 valence electrons. The van der Waals surface area contributed by atoms with Gasteiger partial charge in [0.1, 0.15) is 6.33 Å². The summed E-state index contributed by atoms with van der Waals surface area (Å²) in [4.78, 5) is 15.6. The fraction of sp³-hybridized carbons (Fsp3) is 0.267. The van der Waals surface area contributed by atoms with Gasteiger partial charge in [-0.05, 0) is 26.0 Å². The minimum absolute atomic E-state index is 0.122. The molecule has 6 heteroatoms. The van der Waals surface area contributed by atoms with Crippen LogP contribution in [0.3, 0.4) is 0 Å². The van der Waals surface area contributed by atoms with Gasteiger partial charge in [0.25, 0.3) is 0 Å². The molecule has 2 rings (SSSR count). The molecule has 0 saturated heterocycles. The Kier molecular flexibility index (Phi) is 5.11. The van der Waals surface area contributed by atoms with E-state index in [1.165, 1.54) is 6.08 Å². The van der Waals surface area contributed by atoms with E-state index in [1.807, 2.05) is 12.1 Å². The third-order valence-corrected chi connectivity index (χ3v) is 2.75. The van der Waals surface area contributed by atoms with Gasteiger partial charge >= 0.3 is 5.97 Å². The van der Waals surface area contributed by atoms with Crippen LogP contribution in [-0.4, -0.2) is 26.8 Å². The van der Waals surface area contributed by atoms with Crippen LogP contribution in [0.15, 0.2) is 42.7 Å². The van der Waals surface area contributed by atoms with E-state index in [4.69, 9.17) is 16.3 Å². The van der Waals surface area contributed by atoms with Gasteiger partial charge in [-0.15, -0.1) is 0 Å². The van der Waals surface area contributed by atoms with Crippen LogP contribution in [0.4, 0.5) is 0 Å². The third-order valence-electron chi connectivity index (χ3n) is 2.52. The molecule has 0 bridgehead atoms. The van der Waals surface area contributed by atoms with Gasteiger partial charge in [-0.2, -0.15) is 5.10 Å². The first-order valence-electron chi connectivity index (χ1n) is 6.57. The zero-order chi connectivity index (χ0) is 15.2. The third kappa shape index (κ3) is 4.72. The summed E-state index contributed by atoms with van der Waals surface area (Å²) in [7, 11) is 0. The van der Waals surface area contributed by atoms with Crippen molar-refractivity contribution in [3.05, 3.63) is 47.8 Å². The maximum atomic E-state index is 11.3. The van der Waals surface area contributed by atoms with E-state index in [9.17, 15) is 4.79 Å². The van der Waals surface area contributed by atoms with Gasteiger partial charge in [-0.1, -0.05) is 29.8 Å². The monoisotopic (exact) mass is 305 g/mol. The van der Waals surface area contributed by atoms with Crippen molar-refractivity contribution >= 4 is 17.6 Å². The van der Waals surface area contributed by atoms with Gasteiger partial charge in [0.15, 0.2) is 5.82 Å². The van der Waals surface area contributed by atoms with Crippen molar-refractivity contribution in [1.29, 1.82) is 0 Å². The number of allylic oxidation sites excluding steroid dienone is 1. The molecule has 21 heavy (non-hydrogen) atoms. The minimum Gasteiger partial charge on any atom is -0.460 e. The molecule has 1 aromatic heterocycles. The number of carbonyl (C=O) groups is 1. The quantitative estimate of drug-likeness (QED) is 0.629. The highest BCUT2D eigenvalue weighted by Gasteiger charge is 2.04. The van der Waals surface area contributed by atoms with E-state index in [2.05, 4.69) is 10.1 Å². The first-order valence-corrected chi connectivity index (χ1v) is 6.95. The van der Waals surface area contributed by atoms with Crippen molar-refractivity contribution in [2.24, 2.45) is 0 Å². The van der Waals surface area contributed by atoms with E-state index in [-0.39, 0.29) is 12.1 Å². The molecule has 0 unspecified atom stereocenters. The first kappa shape index (κ1) is 15.3. The summed E-state index contributed by atoms with van der Waals surface area (Å²) in [6.45, 7) is 4.06. The van der Waals surface area contributed by atoms with Crippen LogP contribution in [-0.2, 0) is 16.1 Å². The van der Waals surface area contributed by atoms with Crippen LogP contribution < -0.4 is 0 Å². The number of carbonyl (C=O) groups excluding carboxylic acids is 1. The number of halogens is 1. The van der Waals surface area contributed by atoms with E-state index in [0.29, 0.717) is 17.4 Å². The lowest BCUT2D eigenvalue weighted by Gasteiger charge is -2.03. The van der Waals surface area contributed by atoms with Crippen LogP contribution in [0, 0.1) is 0 Å². The Morgan fingerprint density at radius 1 is 1.48 bits per heavy atom. The zero-order valence-corrected chi connectivity index (χ0v) is 12.6. The number of esters is 1. The molecule has 1 heterocycles. The number of nitrogens with zero attached hydrogens (tertiary/aromatic N) is 3. The lowest BCUT2D eigenvalue weighted by molar-refractivity contribution is -0.141. The number of hydrogen-bond donors (Lipinski definition) is 0. The number of benzene rings is 1. The van der Waals surface area contributed by atoms with Crippen molar-refractivity contribution < 1.29 is 9.53 Å². The van der Waals surface area contributed by atoms with E-state index in [0.717, 1.165) is 5.56 Å². The standard InChI is InChI=1S/C15H16ClN3O2/c1-11(2)21-14(20)7-4-8-19-10-17-15(18-19)12-5-3-6-13(16)9-12/h3-7,9-11H,8H2,1-2H3. The van der Waals surface area contributed by atoms with Crippen LogP contribution >= 0.6 is 11.6 Å². The normalized spacial score (nSPS) is 11.2. The number of hydrogen-bond acceptors (Lipinski definition) is 4. The topological polar surface area (TPSA) is 57.0 Å². The van der Waals surface area contributed by atoms with Gasteiger partial charge in [0.05, 0.1) is 12.6 Å². The van der Waals surface area contributed by atoms with E-state index < -0.39 is 0 Å². The van der Waals surface area contributed by atoms with E-state index in [1.54, 1.807) is 43.1 Å². The Hall–Kier alpha value is -2.14. The summed E-state index contributed by atoms with van der Waals surface area (Å²) in [6.07, 6.45) is 4.55. The summed E-state index contributed by atoms with van der Waals surface area (Å²) in [5, 5.41) is 4.96. The number of rotatable bonds is 5. The van der Waals surface area contributed by atoms with Crippen molar-refractivity contribution in [2.75, 3.05) is 0 Å². The zero-order valence-electron chi connectivity index (χ0n) is 11.9. The van der Waals surface area contributed by atoms with Crippen LogP contribution in [0.25, 0.3) is 11.4 Å². The lowest BCUT2D eigenvalue weighted by atomic mass is 10.2. The lowest BCUT2D eigenvalue weighted by Crippen LogP contribution is -2.08. The molecule has 0 fully saturated rings. The Morgan fingerprint density at radius 2 is 2.29 bits per heavy atom. The van der Waals surface area contributed by atoms with Gasteiger partial charge in [0, 0.05) is 16.7 Å². The van der Waals surface area contributed by atoms with Crippen molar-refractivity contribution in [3.8, 4) is 11.4 Å². The molecule has 0 aliphatic heterocycles. The maximum absolute atomic E-state index is 11.3. The molecule has 0 amide bonds. The van der Waals surface area contributed by atoms with Crippen molar-refractivity contribution in [3.63, 3.8) is 0 Å². The highest BCUT2D eigenvalue weighted by molar-refractivity contribution is 6.30. The molecule has 0 atom stereocenters. The second kappa shape index (κ2) is 7.04. The summed E-state index contributed by atoms with van der Waals surface area (Å²) in [5.41, 5.74) is 0.851. The molecule has 0 spiro atoms. The summed E-state index contributed by atoms with van der Waals surface area (Å²) in [5.74, 6) is 0.232. The average Bonchev–Trinajstić information content (AvgIpc) is 2.86. The highest BCUT2D eigenvalue weighted by Crippen LogP contribution is 2.18. The van der Waals surface area contributed by atoms with Crippen molar-refractivity contribution in [1.82, 2.24) is 14.8 Å². The van der Waals surface area contributed by atoms with Gasteiger partial charge in [0.2, 0.25) is 0 Å². The summed E-state index contributed by atoms with van der Waals surface area (Å²) in [6, 6.07) is 7.34. The maximum Gasteiger partial charge on any atom is 0.330 e. The smallest absolute Gasteiger partial charge is 0.330 e. The summed E-state index contributed by atoms with van der Waals surface area (Å²) < 4.78 is 6.62.